The van der Waals surface area contributed by atoms with Crippen LogP contribution in [0.4, 0.5) is 5.69 Å². The van der Waals surface area contributed by atoms with Crippen LogP contribution in [-0.2, 0) is 23.1 Å². The first-order valence-corrected chi connectivity index (χ1v) is 11.8. The number of nitrogens with zero attached hydrogens (tertiary/aromatic N) is 3. The van der Waals surface area contributed by atoms with Gasteiger partial charge in [-0.2, -0.15) is 5.10 Å². The van der Waals surface area contributed by atoms with Crippen LogP contribution in [0.5, 0.6) is 0 Å². The highest BCUT2D eigenvalue weighted by molar-refractivity contribution is 7.92. The van der Waals surface area contributed by atoms with Gasteiger partial charge in [0.1, 0.15) is 12.7 Å². The van der Waals surface area contributed by atoms with Crippen molar-refractivity contribution in [2.75, 3.05) is 4.72 Å². The normalized spacial score (nSPS) is 11.2. The number of anilines is 1. The molecular weight excluding hydrogens is 462 g/mol. The third kappa shape index (κ3) is 5.76. The minimum Gasteiger partial charge on any atom is -0.348 e. The van der Waals surface area contributed by atoms with Crippen LogP contribution in [0.3, 0.4) is 0 Å². The molecule has 0 radical (unpaired) electrons. The predicted molar refractivity (Wildman–Crippen MR) is 125 cm³/mol. The summed E-state index contributed by atoms with van der Waals surface area (Å²) in [5, 5.41) is 7.34. The SMILES string of the molecule is O=C(NCc1ccc(Cn2cncn2)cc1)c1ccccc1NS(=O)(=O)c1ccc(Cl)cc1. The van der Waals surface area contributed by atoms with E-state index in [1.807, 2.05) is 24.3 Å². The first kappa shape index (κ1) is 22.5. The van der Waals surface area contributed by atoms with Gasteiger partial charge >= 0.3 is 0 Å². The number of carbonyl (C=O) groups is 1. The average Bonchev–Trinajstić information content (AvgIpc) is 3.32. The molecule has 1 amide bonds. The number of carbonyl (C=O) groups excluding carboxylic acids is 1. The molecule has 0 fully saturated rings. The first-order chi connectivity index (χ1) is 15.9. The lowest BCUT2D eigenvalue weighted by atomic mass is 10.1. The van der Waals surface area contributed by atoms with E-state index in [9.17, 15) is 13.2 Å². The average molecular weight is 482 g/mol. The molecule has 0 saturated heterocycles. The van der Waals surface area contributed by atoms with Crippen LogP contribution >= 0.6 is 11.6 Å². The van der Waals surface area contributed by atoms with Gasteiger partial charge in [-0.15, -0.1) is 0 Å². The van der Waals surface area contributed by atoms with E-state index in [1.54, 1.807) is 35.3 Å². The molecular formula is C23H20ClN5O3S. The van der Waals surface area contributed by atoms with Crippen molar-refractivity contribution in [2.45, 2.75) is 18.0 Å². The summed E-state index contributed by atoms with van der Waals surface area (Å²) in [7, 11) is -3.88. The van der Waals surface area contributed by atoms with Gasteiger partial charge in [0.05, 0.1) is 22.7 Å². The minimum absolute atomic E-state index is 0.0492. The quantitative estimate of drug-likeness (QED) is 0.399. The van der Waals surface area contributed by atoms with Gasteiger partial charge < -0.3 is 5.32 Å². The number of para-hydroxylation sites is 1. The Hall–Kier alpha value is -3.69. The molecule has 0 bridgehead atoms. The number of aromatic nitrogens is 3. The molecule has 0 saturated carbocycles. The summed E-state index contributed by atoms with van der Waals surface area (Å²) in [5.41, 5.74) is 2.37. The van der Waals surface area contributed by atoms with Gasteiger partial charge in [-0.05, 0) is 47.5 Å². The molecule has 4 aromatic rings. The lowest BCUT2D eigenvalue weighted by Gasteiger charge is -2.13. The summed E-state index contributed by atoms with van der Waals surface area (Å²) in [6.07, 6.45) is 3.13. The number of halogens is 1. The largest absolute Gasteiger partial charge is 0.348 e. The molecule has 0 spiro atoms. The highest BCUT2D eigenvalue weighted by atomic mass is 35.5. The van der Waals surface area contributed by atoms with Crippen LogP contribution in [-0.4, -0.2) is 29.1 Å². The standard InChI is InChI=1S/C23H20ClN5O3S/c24-19-9-11-20(12-10-19)33(31,32)28-22-4-2-1-3-21(22)23(30)26-13-17-5-7-18(8-6-17)14-29-16-25-15-27-29/h1-12,15-16,28H,13-14H2,(H,26,30). The maximum atomic E-state index is 12.8. The fourth-order valence-electron chi connectivity index (χ4n) is 3.13. The second kappa shape index (κ2) is 9.85. The molecule has 0 aliphatic rings. The van der Waals surface area contributed by atoms with Crippen molar-refractivity contribution in [3.63, 3.8) is 0 Å². The molecule has 1 heterocycles. The third-order valence-electron chi connectivity index (χ3n) is 4.83. The van der Waals surface area contributed by atoms with Crippen molar-refractivity contribution in [1.82, 2.24) is 20.1 Å². The van der Waals surface area contributed by atoms with Crippen LogP contribution in [0.2, 0.25) is 5.02 Å². The molecule has 0 aliphatic carbocycles. The molecule has 2 N–H and O–H groups in total. The van der Waals surface area contributed by atoms with Crippen LogP contribution in [0.15, 0.2) is 90.3 Å². The Balaban J connectivity index is 1.42. The van der Waals surface area contributed by atoms with Crippen LogP contribution in [0.25, 0.3) is 0 Å². The molecule has 1 aromatic heterocycles. The van der Waals surface area contributed by atoms with Gasteiger partial charge in [-0.3, -0.25) is 9.52 Å². The van der Waals surface area contributed by atoms with Gasteiger partial charge in [0, 0.05) is 11.6 Å². The number of benzene rings is 3. The number of sulfonamides is 1. The van der Waals surface area contributed by atoms with E-state index in [0.29, 0.717) is 18.1 Å². The smallest absolute Gasteiger partial charge is 0.261 e. The number of nitrogens with one attached hydrogen (secondary N) is 2. The van der Waals surface area contributed by atoms with Crippen LogP contribution < -0.4 is 10.0 Å². The zero-order valence-corrected chi connectivity index (χ0v) is 18.9. The van der Waals surface area contributed by atoms with E-state index in [4.69, 9.17) is 11.6 Å². The summed E-state index contributed by atoms with van der Waals surface area (Å²) in [4.78, 5) is 16.8. The maximum absolute atomic E-state index is 12.8. The predicted octanol–water partition coefficient (Wildman–Crippen LogP) is 3.71. The van der Waals surface area contributed by atoms with Crippen LogP contribution in [0, 0.1) is 0 Å². The van der Waals surface area contributed by atoms with E-state index in [0.717, 1.165) is 11.1 Å². The lowest BCUT2D eigenvalue weighted by Crippen LogP contribution is -2.25. The van der Waals surface area contributed by atoms with Crippen molar-refractivity contribution in [3.05, 3.63) is 107 Å². The van der Waals surface area contributed by atoms with E-state index in [2.05, 4.69) is 20.1 Å². The number of rotatable bonds is 8. The molecule has 0 atom stereocenters. The molecule has 10 heteroatoms. The van der Waals surface area contributed by atoms with Crippen molar-refractivity contribution >= 4 is 33.2 Å². The Labute approximate surface area is 196 Å². The fraction of sp³-hybridized carbons (Fsp3) is 0.0870. The monoisotopic (exact) mass is 481 g/mol. The Kier molecular flexibility index (Phi) is 6.71. The molecule has 33 heavy (non-hydrogen) atoms. The molecule has 8 nitrogen and oxygen atoms in total. The third-order valence-corrected chi connectivity index (χ3v) is 6.46. The molecule has 0 aliphatic heterocycles. The molecule has 3 aromatic carbocycles. The number of hydrogen-bond acceptors (Lipinski definition) is 5. The molecule has 168 valence electrons. The van der Waals surface area contributed by atoms with Crippen LogP contribution in [0.1, 0.15) is 21.5 Å². The van der Waals surface area contributed by atoms with E-state index in [-0.39, 0.29) is 16.1 Å². The zero-order valence-electron chi connectivity index (χ0n) is 17.3. The summed E-state index contributed by atoms with van der Waals surface area (Å²) >= 11 is 5.84. The highest BCUT2D eigenvalue weighted by Gasteiger charge is 2.18. The van der Waals surface area contributed by atoms with Gasteiger partial charge in [0.25, 0.3) is 15.9 Å². The second-order valence-electron chi connectivity index (χ2n) is 7.20. The lowest BCUT2D eigenvalue weighted by molar-refractivity contribution is 0.0952. The Morgan fingerprint density at radius 2 is 1.64 bits per heavy atom. The van der Waals surface area contributed by atoms with E-state index in [1.165, 1.54) is 30.6 Å². The first-order valence-electron chi connectivity index (χ1n) is 9.96. The number of amides is 1. The van der Waals surface area contributed by atoms with Crippen molar-refractivity contribution in [3.8, 4) is 0 Å². The van der Waals surface area contributed by atoms with Gasteiger partial charge in [0.15, 0.2) is 0 Å². The second-order valence-corrected chi connectivity index (χ2v) is 9.32. The van der Waals surface area contributed by atoms with Crippen molar-refractivity contribution < 1.29 is 13.2 Å². The van der Waals surface area contributed by atoms with Crippen molar-refractivity contribution in [2.24, 2.45) is 0 Å². The Morgan fingerprint density at radius 1 is 0.939 bits per heavy atom. The van der Waals surface area contributed by atoms with E-state index < -0.39 is 15.9 Å². The van der Waals surface area contributed by atoms with Gasteiger partial charge in [-0.1, -0.05) is 48.0 Å². The van der Waals surface area contributed by atoms with Gasteiger partial charge in [0.2, 0.25) is 0 Å². The van der Waals surface area contributed by atoms with Crippen molar-refractivity contribution in [1.29, 1.82) is 0 Å². The van der Waals surface area contributed by atoms with E-state index >= 15 is 0 Å². The maximum Gasteiger partial charge on any atom is 0.261 e. The zero-order chi connectivity index (χ0) is 23.3. The molecule has 4 rings (SSSR count). The summed E-state index contributed by atoms with van der Waals surface area (Å²) in [5.74, 6) is -0.393. The summed E-state index contributed by atoms with van der Waals surface area (Å²) in [6.45, 7) is 0.897. The Morgan fingerprint density at radius 3 is 2.33 bits per heavy atom. The minimum atomic E-state index is -3.88. The highest BCUT2D eigenvalue weighted by Crippen LogP contribution is 2.21. The molecule has 0 unspecified atom stereocenters. The summed E-state index contributed by atoms with van der Waals surface area (Å²) < 4.78 is 29.6. The number of hydrogen-bond donors (Lipinski definition) is 2. The topological polar surface area (TPSA) is 106 Å². The Bertz CT molecular complexity index is 1340. The summed E-state index contributed by atoms with van der Waals surface area (Å²) in [6, 6.07) is 20.0. The van der Waals surface area contributed by atoms with Gasteiger partial charge in [-0.25, -0.2) is 18.1 Å². The fourth-order valence-corrected chi connectivity index (χ4v) is 4.33.